The standard InChI is InChI=1S/C21H22ClN3O3/c1-13(25(20(27)28)21(2,3)4)18-23-16-12-8-11-15(22)17(16)19(26)24(18)14-9-6-5-7-10-14/h5-13H,1-4H3,(H,27,28). The summed E-state index contributed by atoms with van der Waals surface area (Å²) in [6, 6.07) is 13.4. The van der Waals surface area contributed by atoms with Crippen molar-refractivity contribution in [3.05, 3.63) is 69.7 Å². The van der Waals surface area contributed by atoms with Gasteiger partial charge in [-0.05, 0) is 52.0 Å². The van der Waals surface area contributed by atoms with Crippen molar-refractivity contribution in [1.29, 1.82) is 0 Å². The number of para-hydroxylation sites is 1. The molecule has 7 heteroatoms. The average molecular weight is 400 g/mol. The van der Waals surface area contributed by atoms with Crippen LogP contribution in [0.4, 0.5) is 4.79 Å². The number of nitrogens with zero attached hydrogens (tertiary/aromatic N) is 3. The van der Waals surface area contributed by atoms with Crippen molar-refractivity contribution in [2.45, 2.75) is 39.3 Å². The highest BCUT2D eigenvalue weighted by Gasteiger charge is 2.34. The van der Waals surface area contributed by atoms with Crippen LogP contribution in [0, 0.1) is 0 Å². The Kier molecular flexibility index (Phi) is 5.17. The molecule has 0 aliphatic carbocycles. The van der Waals surface area contributed by atoms with Crippen molar-refractivity contribution in [3.8, 4) is 5.69 Å². The predicted molar refractivity (Wildman–Crippen MR) is 110 cm³/mol. The molecule has 1 atom stereocenters. The molecule has 6 nitrogen and oxygen atoms in total. The van der Waals surface area contributed by atoms with Gasteiger partial charge in [-0.15, -0.1) is 0 Å². The Labute approximate surface area is 168 Å². The fraction of sp³-hybridized carbons (Fsp3) is 0.286. The molecule has 146 valence electrons. The number of hydrogen-bond acceptors (Lipinski definition) is 3. The highest BCUT2D eigenvalue weighted by atomic mass is 35.5. The Morgan fingerprint density at radius 3 is 2.36 bits per heavy atom. The summed E-state index contributed by atoms with van der Waals surface area (Å²) in [6.07, 6.45) is -1.08. The van der Waals surface area contributed by atoms with Gasteiger partial charge in [-0.25, -0.2) is 9.78 Å². The van der Waals surface area contributed by atoms with E-state index >= 15 is 0 Å². The van der Waals surface area contributed by atoms with E-state index in [-0.39, 0.29) is 5.56 Å². The lowest BCUT2D eigenvalue weighted by atomic mass is 10.0. The van der Waals surface area contributed by atoms with Crippen LogP contribution in [0.15, 0.2) is 53.3 Å². The van der Waals surface area contributed by atoms with E-state index in [2.05, 4.69) is 4.98 Å². The van der Waals surface area contributed by atoms with Gasteiger partial charge in [0.15, 0.2) is 0 Å². The van der Waals surface area contributed by atoms with Crippen molar-refractivity contribution in [3.63, 3.8) is 0 Å². The van der Waals surface area contributed by atoms with Crippen LogP contribution in [-0.2, 0) is 0 Å². The first-order valence-corrected chi connectivity index (χ1v) is 9.29. The first-order valence-electron chi connectivity index (χ1n) is 8.92. The van der Waals surface area contributed by atoms with Gasteiger partial charge >= 0.3 is 6.09 Å². The van der Waals surface area contributed by atoms with Crippen molar-refractivity contribution in [2.75, 3.05) is 0 Å². The Balaban J connectivity index is 2.39. The molecule has 28 heavy (non-hydrogen) atoms. The lowest BCUT2D eigenvalue weighted by molar-refractivity contribution is 0.0719. The van der Waals surface area contributed by atoms with E-state index in [9.17, 15) is 14.7 Å². The maximum absolute atomic E-state index is 13.4. The molecule has 1 aromatic heterocycles. The topological polar surface area (TPSA) is 75.4 Å². The summed E-state index contributed by atoms with van der Waals surface area (Å²) in [6.45, 7) is 7.15. The van der Waals surface area contributed by atoms with E-state index in [4.69, 9.17) is 11.6 Å². The average Bonchev–Trinajstić information content (AvgIpc) is 2.60. The molecule has 0 aliphatic rings. The second-order valence-corrected chi connectivity index (χ2v) is 7.99. The molecule has 0 saturated carbocycles. The van der Waals surface area contributed by atoms with Gasteiger partial charge in [-0.2, -0.15) is 0 Å². The smallest absolute Gasteiger partial charge is 0.408 e. The summed E-state index contributed by atoms with van der Waals surface area (Å²) in [7, 11) is 0. The van der Waals surface area contributed by atoms with Gasteiger partial charge in [0.1, 0.15) is 5.82 Å². The van der Waals surface area contributed by atoms with Crippen molar-refractivity contribution >= 4 is 28.6 Å². The van der Waals surface area contributed by atoms with Crippen LogP contribution >= 0.6 is 11.6 Å². The third-order valence-electron chi connectivity index (χ3n) is 4.58. The molecule has 0 bridgehead atoms. The Bertz CT molecular complexity index is 1090. The van der Waals surface area contributed by atoms with Crippen LogP contribution in [0.5, 0.6) is 0 Å². The molecular formula is C21H22ClN3O3. The van der Waals surface area contributed by atoms with Gasteiger partial charge in [0, 0.05) is 5.54 Å². The molecule has 0 aliphatic heterocycles. The first kappa shape index (κ1) is 19.9. The van der Waals surface area contributed by atoms with Gasteiger partial charge in [0.2, 0.25) is 0 Å². The SMILES string of the molecule is CC(c1nc2cccc(Cl)c2c(=O)n1-c1ccccc1)N(C(=O)O)C(C)(C)C. The summed E-state index contributed by atoms with van der Waals surface area (Å²) < 4.78 is 1.44. The molecule has 1 unspecified atom stereocenters. The van der Waals surface area contributed by atoms with Gasteiger partial charge in [-0.1, -0.05) is 35.9 Å². The van der Waals surface area contributed by atoms with Crippen molar-refractivity contribution in [2.24, 2.45) is 0 Å². The third kappa shape index (κ3) is 3.47. The van der Waals surface area contributed by atoms with Crippen LogP contribution in [0.2, 0.25) is 5.02 Å². The second kappa shape index (κ2) is 7.28. The van der Waals surface area contributed by atoms with Crippen LogP contribution in [0.25, 0.3) is 16.6 Å². The Hall–Kier alpha value is -2.86. The van der Waals surface area contributed by atoms with E-state index in [0.29, 0.717) is 27.4 Å². The van der Waals surface area contributed by atoms with Gasteiger partial charge in [-0.3, -0.25) is 14.3 Å². The monoisotopic (exact) mass is 399 g/mol. The Morgan fingerprint density at radius 1 is 1.14 bits per heavy atom. The molecule has 3 aromatic rings. The fourth-order valence-corrected chi connectivity index (χ4v) is 3.71. The zero-order valence-electron chi connectivity index (χ0n) is 16.2. The van der Waals surface area contributed by atoms with Crippen LogP contribution in [-0.4, -0.2) is 31.2 Å². The minimum Gasteiger partial charge on any atom is -0.465 e. The number of carboxylic acid groups (broad SMARTS) is 1. The van der Waals surface area contributed by atoms with E-state index < -0.39 is 17.7 Å². The van der Waals surface area contributed by atoms with E-state index in [1.807, 2.05) is 18.2 Å². The molecule has 0 spiro atoms. The Morgan fingerprint density at radius 2 is 1.79 bits per heavy atom. The second-order valence-electron chi connectivity index (χ2n) is 7.58. The quantitative estimate of drug-likeness (QED) is 0.681. The van der Waals surface area contributed by atoms with Crippen molar-refractivity contribution in [1.82, 2.24) is 14.5 Å². The third-order valence-corrected chi connectivity index (χ3v) is 4.89. The van der Waals surface area contributed by atoms with E-state index in [0.717, 1.165) is 0 Å². The predicted octanol–water partition coefficient (Wildman–Crippen LogP) is 4.88. The summed E-state index contributed by atoms with van der Waals surface area (Å²) in [5.74, 6) is 0.336. The van der Waals surface area contributed by atoms with Gasteiger partial charge < -0.3 is 5.11 Å². The summed E-state index contributed by atoms with van der Waals surface area (Å²) in [4.78, 5) is 31.4. The lowest BCUT2D eigenvalue weighted by Crippen LogP contribution is -2.47. The number of hydrogen-bond donors (Lipinski definition) is 1. The fourth-order valence-electron chi connectivity index (χ4n) is 3.46. The lowest BCUT2D eigenvalue weighted by Gasteiger charge is -2.38. The molecule has 1 heterocycles. The normalized spacial score (nSPS) is 12.8. The van der Waals surface area contributed by atoms with Crippen LogP contribution in [0.3, 0.4) is 0 Å². The summed E-state index contributed by atoms with van der Waals surface area (Å²) in [5.41, 5.74) is 0.0185. The number of halogens is 1. The molecule has 2 aromatic carbocycles. The van der Waals surface area contributed by atoms with E-state index in [1.165, 1.54) is 9.47 Å². The number of carbonyl (C=O) groups is 1. The molecule has 1 amide bonds. The number of rotatable bonds is 3. The maximum atomic E-state index is 13.4. The molecule has 3 rings (SSSR count). The van der Waals surface area contributed by atoms with E-state index in [1.54, 1.807) is 58.0 Å². The largest absolute Gasteiger partial charge is 0.465 e. The zero-order chi connectivity index (χ0) is 20.6. The van der Waals surface area contributed by atoms with Crippen molar-refractivity contribution < 1.29 is 9.90 Å². The molecule has 0 saturated heterocycles. The molecule has 0 radical (unpaired) electrons. The highest BCUT2D eigenvalue weighted by molar-refractivity contribution is 6.35. The first-order chi connectivity index (χ1) is 13.1. The molecule has 0 fully saturated rings. The molecular weight excluding hydrogens is 378 g/mol. The number of aromatic nitrogens is 2. The number of amides is 1. The zero-order valence-corrected chi connectivity index (χ0v) is 16.9. The van der Waals surface area contributed by atoms with Gasteiger partial charge in [0.05, 0.1) is 27.7 Å². The minimum atomic E-state index is -1.08. The highest BCUT2D eigenvalue weighted by Crippen LogP contribution is 2.29. The summed E-state index contributed by atoms with van der Waals surface area (Å²) >= 11 is 6.28. The van der Waals surface area contributed by atoms with Crippen LogP contribution < -0.4 is 5.56 Å². The maximum Gasteiger partial charge on any atom is 0.408 e. The summed E-state index contributed by atoms with van der Waals surface area (Å²) in [5, 5.41) is 10.4. The minimum absolute atomic E-state index is 0.307. The van der Waals surface area contributed by atoms with Crippen LogP contribution in [0.1, 0.15) is 39.6 Å². The van der Waals surface area contributed by atoms with Gasteiger partial charge in [0.25, 0.3) is 5.56 Å². The number of benzene rings is 2. The molecule has 1 N–H and O–H groups in total. The number of fused-ring (bicyclic) bond motifs is 1.